The number of carbonyl (C=O) groups is 1. The number of rotatable bonds is 5. The van der Waals surface area contributed by atoms with Crippen LogP contribution < -0.4 is 9.47 Å². The van der Waals surface area contributed by atoms with Gasteiger partial charge in [0.2, 0.25) is 5.91 Å². The number of benzene rings is 1. The maximum absolute atomic E-state index is 13.1. The maximum atomic E-state index is 13.1. The van der Waals surface area contributed by atoms with Crippen molar-refractivity contribution in [3.8, 4) is 11.5 Å². The SMILES string of the molecule is O=C(CC(c1ccc2c(c1)OCCO2)C1CC1)N1CCC(c2nccs2)CC1. The van der Waals surface area contributed by atoms with Crippen molar-refractivity contribution in [1.82, 2.24) is 9.88 Å². The zero-order valence-electron chi connectivity index (χ0n) is 16.0. The first-order valence-corrected chi connectivity index (χ1v) is 11.2. The number of carbonyl (C=O) groups excluding carboxylic acids is 1. The maximum Gasteiger partial charge on any atom is 0.223 e. The van der Waals surface area contributed by atoms with Crippen LogP contribution in [0, 0.1) is 5.92 Å². The molecule has 1 saturated heterocycles. The largest absolute Gasteiger partial charge is 0.486 e. The van der Waals surface area contributed by atoms with Gasteiger partial charge in [0.05, 0.1) is 5.01 Å². The summed E-state index contributed by atoms with van der Waals surface area (Å²) in [5.41, 5.74) is 1.22. The number of nitrogens with zero attached hydrogens (tertiary/aromatic N) is 2. The summed E-state index contributed by atoms with van der Waals surface area (Å²) in [7, 11) is 0. The number of fused-ring (bicyclic) bond motifs is 1. The van der Waals surface area contributed by atoms with Gasteiger partial charge in [0.1, 0.15) is 13.2 Å². The van der Waals surface area contributed by atoms with Gasteiger partial charge in [0.15, 0.2) is 11.5 Å². The Hall–Kier alpha value is -2.08. The molecule has 0 bridgehead atoms. The molecule has 2 aromatic rings. The first-order valence-electron chi connectivity index (χ1n) is 10.3. The summed E-state index contributed by atoms with van der Waals surface area (Å²) in [6, 6.07) is 6.22. The molecule has 0 N–H and O–H groups in total. The van der Waals surface area contributed by atoms with Crippen molar-refractivity contribution >= 4 is 17.2 Å². The van der Waals surface area contributed by atoms with E-state index in [4.69, 9.17) is 9.47 Å². The van der Waals surface area contributed by atoms with Gasteiger partial charge in [0, 0.05) is 37.0 Å². The predicted molar refractivity (Wildman–Crippen MR) is 108 cm³/mol. The van der Waals surface area contributed by atoms with E-state index in [-0.39, 0.29) is 0 Å². The van der Waals surface area contributed by atoms with E-state index >= 15 is 0 Å². The van der Waals surface area contributed by atoms with Crippen LogP contribution in [0.5, 0.6) is 11.5 Å². The molecule has 148 valence electrons. The van der Waals surface area contributed by atoms with Crippen LogP contribution >= 0.6 is 11.3 Å². The first-order chi connectivity index (χ1) is 13.8. The number of likely N-dealkylation sites (tertiary alicyclic amines) is 1. The minimum absolute atomic E-state index is 0.292. The molecule has 1 aliphatic carbocycles. The average Bonchev–Trinajstić information content (AvgIpc) is 3.44. The fraction of sp³-hybridized carbons (Fsp3) is 0.545. The summed E-state index contributed by atoms with van der Waals surface area (Å²) in [5, 5.41) is 3.26. The Bertz CT molecular complexity index is 826. The lowest BCUT2D eigenvalue weighted by Gasteiger charge is -2.32. The zero-order valence-corrected chi connectivity index (χ0v) is 16.8. The van der Waals surface area contributed by atoms with E-state index in [9.17, 15) is 4.79 Å². The van der Waals surface area contributed by atoms with E-state index in [1.807, 2.05) is 17.6 Å². The number of aromatic nitrogens is 1. The quantitative estimate of drug-likeness (QED) is 0.757. The highest BCUT2D eigenvalue weighted by Crippen LogP contribution is 2.46. The molecule has 28 heavy (non-hydrogen) atoms. The molecule has 1 saturated carbocycles. The molecule has 2 aliphatic heterocycles. The smallest absolute Gasteiger partial charge is 0.223 e. The molecule has 0 radical (unpaired) electrons. The second-order valence-electron chi connectivity index (χ2n) is 8.08. The molecule has 1 aromatic heterocycles. The minimum Gasteiger partial charge on any atom is -0.486 e. The fourth-order valence-electron chi connectivity index (χ4n) is 4.48. The van der Waals surface area contributed by atoms with E-state index in [2.05, 4.69) is 22.0 Å². The molecule has 5 nitrogen and oxygen atoms in total. The Morgan fingerprint density at radius 1 is 1.14 bits per heavy atom. The van der Waals surface area contributed by atoms with Crippen molar-refractivity contribution < 1.29 is 14.3 Å². The Morgan fingerprint density at radius 3 is 2.64 bits per heavy atom. The third-order valence-corrected chi connectivity index (χ3v) is 7.17. The number of piperidine rings is 1. The van der Waals surface area contributed by atoms with E-state index in [1.165, 1.54) is 23.4 Å². The van der Waals surface area contributed by atoms with Gasteiger partial charge in [-0.25, -0.2) is 4.98 Å². The molecular weight excluding hydrogens is 372 g/mol. The van der Waals surface area contributed by atoms with Crippen LogP contribution in [0.4, 0.5) is 0 Å². The monoisotopic (exact) mass is 398 g/mol. The van der Waals surface area contributed by atoms with Gasteiger partial charge in [-0.1, -0.05) is 6.07 Å². The zero-order chi connectivity index (χ0) is 18.9. The lowest BCUT2D eigenvalue weighted by Crippen LogP contribution is -2.38. The number of amides is 1. The van der Waals surface area contributed by atoms with Crippen LogP contribution in [-0.2, 0) is 4.79 Å². The first kappa shape index (κ1) is 18.0. The highest BCUT2D eigenvalue weighted by Gasteiger charge is 2.36. The van der Waals surface area contributed by atoms with Gasteiger partial charge in [-0.3, -0.25) is 4.79 Å². The summed E-state index contributed by atoms with van der Waals surface area (Å²) in [6.45, 7) is 2.90. The minimum atomic E-state index is 0.292. The molecule has 3 aliphatic rings. The third kappa shape index (κ3) is 3.75. The van der Waals surface area contributed by atoms with Crippen LogP contribution in [0.1, 0.15) is 54.5 Å². The topological polar surface area (TPSA) is 51.7 Å². The number of ether oxygens (including phenoxy) is 2. The summed E-state index contributed by atoms with van der Waals surface area (Å²) in [5.74, 6) is 3.37. The van der Waals surface area contributed by atoms with Crippen molar-refractivity contribution in [3.63, 3.8) is 0 Å². The summed E-state index contributed by atoms with van der Waals surface area (Å²) >= 11 is 1.73. The van der Waals surface area contributed by atoms with Gasteiger partial charge in [-0.2, -0.15) is 0 Å². The van der Waals surface area contributed by atoms with Crippen LogP contribution in [0.2, 0.25) is 0 Å². The lowest BCUT2D eigenvalue weighted by atomic mass is 9.89. The molecule has 1 aromatic carbocycles. The molecule has 1 unspecified atom stereocenters. The second-order valence-corrected chi connectivity index (χ2v) is 9.00. The lowest BCUT2D eigenvalue weighted by molar-refractivity contribution is -0.132. The Kier molecular flexibility index (Phi) is 4.97. The van der Waals surface area contributed by atoms with Gasteiger partial charge >= 0.3 is 0 Å². The summed E-state index contributed by atoms with van der Waals surface area (Å²) in [4.78, 5) is 19.6. The molecule has 1 amide bonds. The van der Waals surface area contributed by atoms with Crippen LogP contribution in [0.25, 0.3) is 0 Å². The predicted octanol–water partition coefficient (Wildman–Crippen LogP) is 4.20. The van der Waals surface area contributed by atoms with Gasteiger partial charge in [-0.15, -0.1) is 11.3 Å². The van der Waals surface area contributed by atoms with Crippen molar-refractivity contribution in [2.24, 2.45) is 5.92 Å². The van der Waals surface area contributed by atoms with Crippen molar-refractivity contribution in [2.45, 2.75) is 43.9 Å². The molecule has 1 atom stereocenters. The Balaban J connectivity index is 1.24. The molecule has 3 heterocycles. The normalized spacial score (nSPS) is 20.8. The molecule has 6 heteroatoms. The highest BCUT2D eigenvalue weighted by atomic mass is 32.1. The summed E-state index contributed by atoms with van der Waals surface area (Å²) in [6.07, 6.45) is 6.98. The van der Waals surface area contributed by atoms with Gasteiger partial charge in [0.25, 0.3) is 0 Å². The van der Waals surface area contributed by atoms with E-state index in [0.29, 0.717) is 43.3 Å². The van der Waals surface area contributed by atoms with E-state index < -0.39 is 0 Å². The second kappa shape index (κ2) is 7.74. The van der Waals surface area contributed by atoms with Gasteiger partial charge < -0.3 is 14.4 Å². The average molecular weight is 399 g/mol. The molecule has 5 rings (SSSR count). The Labute approximate surface area is 169 Å². The van der Waals surface area contributed by atoms with E-state index in [1.54, 1.807) is 11.3 Å². The summed E-state index contributed by atoms with van der Waals surface area (Å²) < 4.78 is 11.4. The van der Waals surface area contributed by atoms with Crippen molar-refractivity contribution in [2.75, 3.05) is 26.3 Å². The van der Waals surface area contributed by atoms with Crippen LogP contribution in [-0.4, -0.2) is 42.1 Å². The molecular formula is C22H26N2O3S. The molecule has 2 fully saturated rings. The van der Waals surface area contributed by atoms with Crippen LogP contribution in [0.15, 0.2) is 29.8 Å². The van der Waals surface area contributed by atoms with Crippen molar-refractivity contribution in [1.29, 1.82) is 0 Å². The van der Waals surface area contributed by atoms with Crippen molar-refractivity contribution in [3.05, 3.63) is 40.3 Å². The van der Waals surface area contributed by atoms with Gasteiger partial charge in [-0.05, 0) is 55.2 Å². The number of thiazole rings is 1. The third-order valence-electron chi connectivity index (χ3n) is 6.23. The highest BCUT2D eigenvalue weighted by molar-refractivity contribution is 7.09. The van der Waals surface area contributed by atoms with E-state index in [0.717, 1.165) is 37.4 Å². The Morgan fingerprint density at radius 2 is 1.93 bits per heavy atom. The number of hydrogen-bond acceptors (Lipinski definition) is 5. The van der Waals surface area contributed by atoms with Crippen LogP contribution in [0.3, 0.4) is 0 Å². The molecule has 0 spiro atoms. The number of hydrogen-bond donors (Lipinski definition) is 0. The standard InChI is InChI=1S/C22H26N2O3S/c25-21(24-8-5-16(6-9-24)22-23-7-12-28-22)14-18(15-1-2-15)17-3-4-19-20(13-17)27-11-10-26-19/h3-4,7,12-13,15-16,18H,1-2,5-6,8-11,14H2. The fourth-order valence-corrected chi connectivity index (χ4v) is 5.29.